The van der Waals surface area contributed by atoms with E-state index in [0.29, 0.717) is 39.4 Å². The van der Waals surface area contributed by atoms with Crippen molar-refractivity contribution in [1.82, 2.24) is 9.80 Å². The number of benzene rings is 2. The molecule has 0 fully saturated rings. The normalized spacial score (nSPS) is 12.2. The molecule has 184 valence electrons. The minimum Gasteiger partial charge on any atom is -0.464 e. The lowest BCUT2D eigenvalue weighted by Crippen LogP contribution is -2.45. The molecule has 3 aromatic rings. The molecule has 2 heterocycles. The first kappa shape index (κ1) is 24.9. The molecular weight excluding hydrogens is 491 g/mol. The quantitative estimate of drug-likeness (QED) is 0.383. The smallest absolute Gasteiger partial charge is 0.254 e. The molecule has 2 amide bonds. The standard InChI is InChI=1S/C26H26Cl2N2O5/c1-16(2)30(26(32)19-9-20(27)11-21(28)10-19)14-25(31)29(13-22-6-4-17(3)35-22)12-18-5-7-23-24(8-18)34-15-33-23/h4-11,16H,12-15H2,1-3H3. The van der Waals surface area contributed by atoms with Crippen LogP contribution in [0.15, 0.2) is 52.9 Å². The number of halogens is 2. The number of ether oxygens (including phenoxy) is 2. The fraction of sp³-hybridized carbons (Fsp3) is 0.308. The number of hydrogen-bond acceptors (Lipinski definition) is 5. The van der Waals surface area contributed by atoms with Crippen LogP contribution < -0.4 is 9.47 Å². The molecule has 0 aliphatic carbocycles. The van der Waals surface area contributed by atoms with Gasteiger partial charge in [0.2, 0.25) is 12.7 Å². The van der Waals surface area contributed by atoms with Crippen LogP contribution in [-0.4, -0.2) is 41.0 Å². The molecule has 0 saturated carbocycles. The fourth-order valence-corrected chi connectivity index (χ4v) is 4.35. The van der Waals surface area contributed by atoms with Crippen molar-refractivity contribution in [2.24, 2.45) is 0 Å². The number of fused-ring (bicyclic) bond motifs is 1. The molecule has 4 rings (SSSR count). The first-order valence-electron chi connectivity index (χ1n) is 11.2. The highest BCUT2D eigenvalue weighted by Gasteiger charge is 2.26. The minimum absolute atomic E-state index is 0.120. The van der Waals surface area contributed by atoms with Crippen molar-refractivity contribution in [1.29, 1.82) is 0 Å². The molecular formula is C26H26Cl2N2O5. The van der Waals surface area contributed by atoms with E-state index in [4.69, 9.17) is 37.1 Å². The molecule has 7 nitrogen and oxygen atoms in total. The average Bonchev–Trinajstić information content (AvgIpc) is 3.43. The Bertz CT molecular complexity index is 1220. The highest BCUT2D eigenvalue weighted by Crippen LogP contribution is 2.33. The topological polar surface area (TPSA) is 72.2 Å². The van der Waals surface area contributed by atoms with Gasteiger partial charge >= 0.3 is 0 Å². The van der Waals surface area contributed by atoms with Gasteiger partial charge in [-0.1, -0.05) is 29.3 Å². The van der Waals surface area contributed by atoms with Crippen LogP contribution in [0.3, 0.4) is 0 Å². The highest BCUT2D eigenvalue weighted by molar-refractivity contribution is 6.35. The lowest BCUT2D eigenvalue weighted by molar-refractivity contribution is -0.133. The molecule has 0 N–H and O–H groups in total. The molecule has 0 radical (unpaired) electrons. The summed E-state index contributed by atoms with van der Waals surface area (Å²) in [7, 11) is 0. The Morgan fingerprint density at radius 2 is 1.66 bits per heavy atom. The van der Waals surface area contributed by atoms with E-state index < -0.39 is 0 Å². The largest absolute Gasteiger partial charge is 0.464 e. The number of carbonyl (C=O) groups is 2. The lowest BCUT2D eigenvalue weighted by Gasteiger charge is -2.30. The van der Waals surface area contributed by atoms with E-state index in [9.17, 15) is 9.59 Å². The van der Waals surface area contributed by atoms with Crippen molar-refractivity contribution in [3.05, 3.63) is 81.2 Å². The SMILES string of the molecule is Cc1ccc(CN(Cc2ccc3c(c2)OCO3)C(=O)CN(C(=O)c2cc(Cl)cc(Cl)c2)C(C)C)o1. The molecule has 1 aromatic heterocycles. The summed E-state index contributed by atoms with van der Waals surface area (Å²) < 4.78 is 16.6. The van der Waals surface area contributed by atoms with Crippen LogP contribution in [0.2, 0.25) is 10.0 Å². The van der Waals surface area contributed by atoms with Gasteiger partial charge in [0.1, 0.15) is 18.1 Å². The Morgan fingerprint density at radius 1 is 0.943 bits per heavy atom. The van der Waals surface area contributed by atoms with Crippen molar-refractivity contribution in [3.63, 3.8) is 0 Å². The predicted octanol–water partition coefficient (Wildman–Crippen LogP) is 5.70. The third-order valence-electron chi connectivity index (χ3n) is 5.61. The zero-order chi connectivity index (χ0) is 25.1. The summed E-state index contributed by atoms with van der Waals surface area (Å²) in [4.78, 5) is 30.0. The molecule has 0 spiro atoms. The van der Waals surface area contributed by atoms with Gasteiger partial charge < -0.3 is 23.7 Å². The summed E-state index contributed by atoms with van der Waals surface area (Å²) in [5.41, 5.74) is 1.20. The number of furan rings is 1. The molecule has 0 bridgehead atoms. The number of nitrogens with zero attached hydrogens (tertiary/aromatic N) is 2. The first-order chi connectivity index (χ1) is 16.7. The minimum atomic E-state index is -0.324. The number of rotatable bonds is 8. The zero-order valence-corrected chi connectivity index (χ0v) is 21.2. The summed E-state index contributed by atoms with van der Waals surface area (Å²) in [6.45, 7) is 6.17. The number of carbonyl (C=O) groups excluding carboxylic acids is 2. The van der Waals surface area contributed by atoms with Gasteiger partial charge in [-0.25, -0.2) is 0 Å². The zero-order valence-electron chi connectivity index (χ0n) is 19.7. The van der Waals surface area contributed by atoms with Crippen LogP contribution in [0.25, 0.3) is 0 Å². The summed E-state index contributed by atoms with van der Waals surface area (Å²) in [5, 5.41) is 0.710. The van der Waals surface area contributed by atoms with Crippen LogP contribution >= 0.6 is 23.2 Å². The van der Waals surface area contributed by atoms with Crippen molar-refractivity contribution >= 4 is 35.0 Å². The van der Waals surface area contributed by atoms with Gasteiger partial charge in [0.25, 0.3) is 5.91 Å². The van der Waals surface area contributed by atoms with Crippen LogP contribution in [0.4, 0.5) is 0 Å². The van der Waals surface area contributed by atoms with Crippen molar-refractivity contribution < 1.29 is 23.5 Å². The molecule has 0 unspecified atom stereocenters. The maximum absolute atomic E-state index is 13.6. The van der Waals surface area contributed by atoms with Gasteiger partial charge in [0.15, 0.2) is 11.5 Å². The number of aryl methyl sites for hydroxylation is 1. The van der Waals surface area contributed by atoms with Gasteiger partial charge in [-0.15, -0.1) is 0 Å². The van der Waals surface area contributed by atoms with Gasteiger partial charge in [-0.3, -0.25) is 9.59 Å². The second kappa shape index (κ2) is 10.6. The average molecular weight is 517 g/mol. The monoisotopic (exact) mass is 516 g/mol. The second-order valence-electron chi connectivity index (χ2n) is 8.63. The van der Waals surface area contributed by atoms with Gasteiger partial charge in [0.05, 0.1) is 6.54 Å². The predicted molar refractivity (Wildman–Crippen MR) is 133 cm³/mol. The van der Waals surface area contributed by atoms with Gasteiger partial charge in [0, 0.05) is 28.2 Å². The fourth-order valence-electron chi connectivity index (χ4n) is 3.83. The molecule has 35 heavy (non-hydrogen) atoms. The Hall–Kier alpha value is -3.16. The Morgan fingerprint density at radius 3 is 2.31 bits per heavy atom. The Balaban J connectivity index is 1.57. The van der Waals surface area contributed by atoms with E-state index in [1.165, 1.54) is 4.90 Å². The molecule has 1 aliphatic rings. The second-order valence-corrected chi connectivity index (χ2v) is 9.51. The Labute approximate surface area is 214 Å². The number of amides is 2. The summed E-state index contributed by atoms with van der Waals surface area (Å²) in [5.74, 6) is 2.17. The third-order valence-corrected chi connectivity index (χ3v) is 6.04. The van der Waals surface area contributed by atoms with E-state index in [1.54, 1.807) is 23.1 Å². The van der Waals surface area contributed by atoms with Gasteiger partial charge in [-0.05, 0) is 68.8 Å². The summed E-state index contributed by atoms with van der Waals surface area (Å²) in [6, 6.07) is 13.7. The summed E-state index contributed by atoms with van der Waals surface area (Å²) >= 11 is 12.2. The molecule has 1 aliphatic heterocycles. The van der Waals surface area contributed by atoms with E-state index >= 15 is 0 Å². The van der Waals surface area contributed by atoms with Gasteiger partial charge in [-0.2, -0.15) is 0 Å². The molecule has 0 saturated heterocycles. The lowest BCUT2D eigenvalue weighted by atomic mass is 10.1. The number of hydrogen-bond donors (Lipinski definition) is 0. The van der Waals surface area contributed by atoms with E-state index in [-0.39, 0.29) is 37.7 Å². The van der Waals surface area contributed by atoms with Crippen molar-refractivity contribution in [3.8, 4) is 11.5 Å². The van der Waals surface area contributed by atoms with Crippen LogP contribution in [0, 0.1) is 6.92 Å². The molecule has 0 atom stereocenters. The maximum Gasteiger partial charge on any atom is 0.254 e. The maximum atomic E-state index is 13.6. The summed E-state index contributed by atoms with van der Waals surface area (Å²) in [6.07, 6.45) is 0. The van der Waals surface area contributed by atoms with E-state index in [2.05, 4.69) is 0 Å². The Kier molecular flexibility index (Phi) is 7.57. The highest BCUT2D eigenvalue weighted by atomic mass is 35.5. The molecule has 2 aromatic carbocycles. The van der Waals surface area contributed by atoms with Crippen LogP contribution in [0.5, 0.6) is 11.5 Å². The third kappa shape index (κ3) is 6.10. The van der Waals surface area contributed by atoms with Crippen molar-refractivity contribution in [2.45, 2.75) is 39.9 Å². The first-order valence-corrected chi connectivity index (χ1v) is 11.9. The van der Waals surface area contributed by atoms with E-state index in [0.717, 1.165) is 11.3 Å². The van der Waals surface area contributed by atoms with E-state index in [1.807, 2.05) is 51.1 Å². The van der Waals surface area contributed by atoms with Crippen LogP contribution in [0.1, 0.15) is 41.3 Å². The molecule has 9 heteroatoms. The van der Waals surface area contributed by atoms with Crippen molar-refractivity contribution in [2.75, 3.05) is 13.3 Å². The van der Waals surface area contributed by atoms with Crippen LogP contribution in [-0.2, 0) is 17.9 Å².